The van der Waals surface area contributed by atoms with Crippen LogP contribution in [0.15, 0.2) is 42.0 Å². The first-order valence-electron chi connectivity index (χ1n) is 22.7. The lowest BCUT2D eigenvalue weighted by Crippen LogP contribution is -2.51. The number of benzene rings is 1. The van der Waals surface area contributed by atoms with Crippen molar-refractivity contribution in [2.75, 3.05) is 19.8 Å². The first-order valence-corrected chi connectivity index (χ1v) is 22.7. The van der Waals surface area contributed by atoms with Crippen molar-refractivity contribution in [3.63, 3.8) is 0 Å². The van der Waals surface area contributed by atoms with Crippen LogP contribution in [-0.2, 0) is 52.4 Å². The number of unbranched alkanes of at least 4 members (excludes halogenated alkanes) is 4. The van der Waals surface area contributed by atoms with Gasteiger partial charge in [-0.3, -0.25) is 14.4 Å². The van der Waals surface area contributed by atoms with Crippen LogP contribution in [0.2, 0.25) is 0 Å². The van der Waals surface area contributed by atoms with Gasteiger partial charge in [0.1, 0.15) is 36.6 Å². The summed E-state index contributed by atoms with van der Waals surface area (Å²) in [5.74, 6) is -4.33. The minimum Gasteiger partial charge on any atom is -0.462 e. The van der Waals surface area contributed by atoms with Crippen molar-refractivity contribution in [2.45, 2.75) is 180 Å². The van der Waals surface area contributed by atoms with Crippen LogP contribution in [0, 0.1) is 5.41 Å². The van der Waals surface area contributed by atoms with Gasteiger partial charge in [-0.25, -0.2) is 14.4 Å². The zero-order chi connectivity index (χ0) is 46.0. The van der Waals surface area contributed by atoms with Crippen molar-refractivity contribution in [3.05, 3.63) is 53.1 Å². The third-order valence-electron chi connectivity index (χ3n) is 11.9. The van der Waals surface area contributed by atoms with Gasteiger partial charge in [0.05, 0.1) is 18.2 Å². The molecule has 0 saturated carbocycles. The smallest absolute Gasteiger partial charge is 0.348 e. The van der Waals surface area contributed by atoms with Crippen LogP contribution in [0.3, 0.4) is 0 Å². The predicted octanol–water partition coefficient (Wildman–Crippen LogP) is 6.28. The van der Waals surface area contributed by atoms with Gasteiger partial charge in [0.15, 0.2) is 5.79 Å². The maximum Gasteiger partial charge on any atom is 0.348 e. The summed E-state index contributed by atoms with van der Waals surface area (Å²) < 4.78 is 35.8. The molecule has 2 N–H and O–H groups in total. The number of aliphatic hydroxyl groups excluding tert-OH is 1. The van der Waals surface area contributed by atoms with E-state index in [1.54, 1.807) is 65.0 Å². The summed E-state index contributed by atoms with van der Waals surface area (Å²) in [6.45, 7) is 13.1. The second-order valence-electron chi connectivity index (χ2n) is 18.8. The van der Waals surface area contributed by atoms with Crippen LogP contribution in [0.1, 0.15) is 148 Å². The number of aliphatic hydroxyl groups is 1. The van der Waals surface area contributed by atoms with E-state index in [0.717, 1.165) is 44.6 Å². The summed E-state index contributed by atoms with van der Waals surface area (Å²) in [6, 6.07) is 5.04. The monoisotopic (exact) mass is 880 g/mol. The number of ether oxygens (including phenoxy) is 6. The van der Waals surface area contributed by atoms with Crippen molar-refractivity contribution in [1.82, 2.24) is 10.2 Å². The maximum atomic E-state index is 14.5. The fraction of sp³-hybridized carbons (Fsp3) is 0.667. The highest BCUT2D eigenvalue weighted by Gasteiger charge is 2.53. The fourth-order valence-electron chi connectivity index (χ4n) is 8.53. The lowest BCUT2D eigenvalue weighted by atomic mass is 9.90. The van der Waals surface area contributed by atoms with Crippen LogP contribution >= 0.6 is 0 Å². The Bertz CT molecular complexity index is 1860. The number of fused-ring (bicyclic) bond motifs is 1. The minimum absolute atomic E-state index is 0.00367. The molecule has 1 aromatic rings. The first kappa shape index (κ1) is 49.4. The Morgan fingerprint density at radius 3 is 2.33 bits per heavy atom. The molecule has 0 spiro atoms. The van der Waals surface area contributed by atoms with Gasteiger partial charge in [0.25, 0.3) is 0 Å². The molecular formula is C48H68N2O13. The topological polar surface area (TPSA) is 193 Å². The molecule has 1 aliphatic carbocycles. The number of esters is 4. The van der Waals surface area contributed by atoms with Gasteiger partial charge in [-0.15, -0.1) is 0 Å². The number of likely N-dealkylation sites (tertiary alicyclic amines) is 1. The van der Waals surface area contributed by atoms with Crippen molar-refractivity contribution in [3.8, 4) is 0 Å². The molecule has 6 atom stereocenters. The molecule has 4 aliphatic rings. The first-order chi connectivity index (χ1) is 29.9. The average molecular weight is 881 g/mol. The molecule has 15 nitrogen and oxygen atoms in total. The molecule has 348 valence electrons. The van der Waals surface area contributed by atoms with Gasteiger partial charge in [-0.05, 0) is 76.7 Å². The van der Waals surface area contributed by atoms with E-state index in [9.17, 15) is 33.9 Å². The Hall–Kier alpha value is -4.60. The standard InChI is InChI=1S/C48H68N2O13/c1-8-10-14-24-48(25-15-11-9-2)61-37-28-32(43(55)50-26-16-19-35(50)42(54)49-33(29-51)21-23-39(53)62-46(3,4)5)27-36(40(37)63-48)59-44(56)34-18-13-12-17-31(34)20-22-38(52)60-41-45(57)58-30-47(41,6)7/h12-13,17-18,20,22,28,33,35-37,40-41,51H,8-11,14-16,19,21,23-27,29-30H2,1-7H3,(H,49,54)/t33-,35+,36+,37+,40-,41-/m0/s1. The molecule has 0 bridgehead atoms. The third-order valence-corrected chi connectivity index (χ3v) is 11.9. The SMILES string of the molecule is CCCCCC1(CCCCC)O[C@@H]2[C@@H](C=C(C(=O)N3CCC[C@@H]3C(=O)N[C@H](CO)CCC(=O)OC(C)(C)C)C[C@H]2OC(=O)c2ccccc2C=CC(=O)O[C@H]2C(=O)OCC2(C)C)O1. The zero-order valence-electron chi connectivity index (χ0n) is 38.1. The van der Waals surface area contributed by atoms with E-state index in [4.69, 9.17) is 28.4 Å². The Morgan fingerprint density at radius 1 is 1.00 bits per heavy atom. The maximum absolute atomic E-state index is 14.5. The van der Waals surface area contributed by atoms with Crippen LogP contribution < -0.4 is 5.32 Å². The summed E-state index contributed by atoms with van der Waals surface area (Å²) in [5.41, 5.74) is -0.526. The number of hydrogen-bond acceptors (Lipinski definition) is 13. The molecule has 63 heavy (non-hydrogen) atoms. The molecule has 5 rings (SSSR count). The number of carbonyl (C=O) groups is 6. The van der Waals surface area contributed by atoms with Crippen molar-refractivity contribution < 1.29 is 62.3 Å². The second-order valence-corrected chi connectivity index (χ2v) is 18.8. The number of nitrogens with zero attached hydrogens (tertiary/aromatic N) is 1. The molecule has 0 unspecified atom stereocenters. The van der Waals surface area contributed by atoms with Crippen molar-refractivity contribution >= 4 is 41.8 Å². The fourth-order valence-corrected chi connectivity index (χ4v) is 8.53. The molecule has 1 aromatic carbocycles. The molecule has 15 heteroatoms. The number of rotatable bonds is 20. The summed E-state index contributed by atoms with van der Waals surface area (Å²) in [7, 11) is 0. The molecule has 0 aromatic heterocycles. The van der Waals surface area contributed by atoms with Crippen molar-refractivity contribution in [1.29, 1.82) is 0 Å². The molecule has 3 heterocycles. The number of carbonyl (C=O) groups excluding carboxylic acids is 6. The lowest BCUT2D eigenvalue weighted by molar-refractivity contribution is -0.190. The molecular weight excluding hydrogens is 813 g/mol. The molecule has 3 fully saturated rings. The van der Waals surface area contributed by atoms with Gasteiger partial charge >= 0.3 is 23.9 Å². The van der Waals surface area contributed by atoms with Gasteiger partial charge in [0, 0.05) is 49.3 Å². The highest BCUT2D eigenvalue weighted by atomic mass is 16.8. The lowest BCUT2D eigenvalue weighted by Gasteiger charge is -2.33. The average Bonchev–Trinajstić information content (AvgIpc) is 3.94. The summed E-state index contributed by atoms with van der Waals surface area (Å²) in [4.78, 5) is 81.4. The molecule has 3 saturated heterocycles. The third kappa shape index (κ3) is 13.2. The Morgan fingerprint density at radius 2 is 1.70 bits per heavy atom. The van der Waals surface area contributed by atoms with E-state index < -0.39 is 95.6 Å². The molecule has 3 aliphatic heterocycles. The largest absolute Gasteiger partial charge is 0.462 e. The van der Waals surface area contributed by atoms with E-state index in [1.165, 1.54) is 11.0 Å². The van der Waals surface area contributed by atoms with Gasteiger partial charge < -0.3 is 43.7 Å². The highest BCUT2D eigenvalue weighted by Crippen LogP contribution is 2.44. The number of nitrogens with one attached hydrogen (secondary N) is 1. The molecule has 2 amide bonds. The predicted molar refractivity (Wildman–Crippen MR) is 232 cm³/mol. The van der Waals surface area contributed by atoms with Crippen LogP contribution in [-0.4, -0.2) is 113 Å². The van der Waals surface area contributed by atoms with Crippen molar-refractivity contribution in [2.24, 2.45) is 5.41 Å². The Labute approximate surface area is 371 Å². The molecule has 0 radical (unpaired) electrons. The zero-order valence-corrected chi connectivity index (χ0v) is 38.1. The summed E-state index contributed by atoms with van der Waals surface area (Å²) in [5, 5.41) is 12.9. The Kier molecular flexibility index (Phi) is 17.1. The quantitative estimate of drug-likeness (QED) is 0.0644. The van der Waals surface area contributed by atoms with Crippen LogP contribution in [0.25, 0.3) is 6.08 Å². The van der Waals surface area contributed by atoms with Gasteiger partial charge in [-0.1, -0.05) is 71.6 Å². The van der Waals surface area contributed by atoms with E-state index >= 15 is 0 Å². The van der Waals surface area contributed by atoms with Gasteiger partial charge in [-0.2, -0.15) is 0 Å². The highest BCUT2D eigenvalue weighted by molar-refractivity contribution is 5.99. The normalized spacial score (nSPS) is 24.3. The van der Waals surface area contributed by atoms with E-state index in [1.807, 2.05) is 0 Å². The number of cyclic esters (lactones) is 1. The summed E-state index contributed by atoms with van der Waals surface area (Å²) >= 11 is 0. The van der Waals surface area contributed by atoms with E-state index in [-0.39, 0.29) is 31.4 Å². The number of hydrogen-bond donors (Lipinski definition) is 2. The van der Waals surface area contributed by atoms with E-state index in [0.29, 0.717) is 43.4 Å². The summed E-state index contributed by atoms with van der Waals surface area (Å²) in [6.07, 6.45) is 8.91. The number of amides is 2. The van der Waals surface area contributed by atoms with Crippen LogP contribution in [0.5, 0.6) is 0 Å². The van der Waals surface area contributed by atoms with Crippen LogP contribution in [0.4, 0.5) is 0 Å². The van der Waals surface area contributed by atoms with E-state index in [2.05, 4.69) is 19.2 Å². The second kappa shape index (κ2) is 21.9. The Balaban J connectivity index is 1.36. The van der Waals surface area contributed by atoms with Gasteiger partial charge in [0.2, 0.25) is 17.9 Å². The minimum atomic E-state index is -1.07.